The number of nitrogens with zero attached hydrogens (tertiary/aromatic N) is 4. The van der Waals surface area contributed by atoms with Crippen LogP contribution in [0.3, 0.4) is 0 Å². The van der Waals surface area contributed by atoms with Gasteiger partial charge in [-0.1, -0.05) is 176 Å². The lowest BCUT2D eigenvalue weighted by molar-refractivity contribution is 1.18. The molecule has 0 fully saturated rings. The Morgan fingerprint density at radius 2 is 0.772 bits per heavy atom. The number of hydrogen-bond acceptors (Lipinski definition) is 4. The van der Waals surface area contributed by atoms with Crippen molar-refractivity contribution >= 4 is 21.8 Å². The minimum atomic E-state index is 0.687. The van der Waals surface area contributed by atoms with Crippen molar-refractivity contribution in [1.82, 2.24) is 19.9 Å². The van der Waals surface area contributed by atoms with E-state index in [0.29, 0.717) is 5.82 Å². The van der Waals surface area contributed by atoms with Gasteiger partial charge in [-0.05, 0) is 64.6 Å². The first kappa shape index (κ1) is 34.0. The second-order valence-electron chi connectivity index (χ2n) is 14.3. The second-order valence-corrected chi connectivity index (χ2v) is 14.3. The molecule has 0 spiro atoms. The summed E-state index contributed by atoms with van der Waals surface area (Å²) in [6.07, 6.45) is 0. The molecule has 4 heteroatoms. The molecule has 0 atom stereocenters. The molecule has 0 bridgehead atoms. The maximum absolute atomic E-state index is 5.21. The first-order chi connectivity index (χ1) is 28.1. The van der Waals surface area contributed by atoms with Crippen molar-refractivity contribution in [3.05, 3.63) is 206 Å². The number of pyridine rings is 2. The van der Waals surface area contributed by atoms with E-state index >= 15 is 0 Å². The summed E-state index contributed by atoms with van der Waals surface area (Å²) >= 11 is 0. The van der Waals surface area contributed by atoms with Crippen molar-refractivity contribution in [3.8, 4) is 78.5 Å². The van der Waals surface area contributed by atoms with E-state index in [1.165, 1.54) is 11.1 Å². The normalized spacial score (nSPS) is 11.2. The lowest BCUT2D eigenvalue weighted by Crippen LogP contribution is -1.96. The van der Waals surface area contributed by atoms with Crippen molar-refractivity contribution in [2.75, 3.05) is 0 Å². The molecule has 3 aromatic heterocycles. The highest BCUT2D eigenvalue weighted by atomic mass is 14.9. The van der Waals surface area contributed by atoms with Gasteiger partial charge in [0.15, 0.2) is 5.82 Å². The van der Waals surface area contributed by atoms with Crippen molar-refractivity contribution in [3.63, 3.8) is 0 Å². The topological polar surface area (TPSA) is 51.6 Å². The molecule has 0 aliphatic heterocycles. The number of benzene rings is 7. The smallest absolute Gasteiger partial charge is 0.160 e. The second kappa shape index (κ2) is 14.6. The average molecular weight is 729 g/mol. The van der Waals surface area contributed by atoms with Gasteiger partial charge in [-0.25, -0.2) is 15.0 Å². The molecule has 4 nitrogen and oxygen atoms in total. The number of hydrogen-bond donors (Lipinski definition) is 0. The average Bonchev–Trinajstić information content (AvgIpc) is 3.29. The molecule has 268 valence electrons. The monoisotopic (exact) mass is 728 g/mol. The largest absolute Gasteiger partial charge is 0.251 e. The lowest BCUT2D eigenvalue weighted by Gasteiger charge is -2.14. The van der Waals surface area contributed by atoms with Gasteiger partial charge in [0.25, 0.3) is 0 Å². The van der Waals surface area contributed by atoms with Gasteiger partial charge in [0.05, 0.1) is 28.1 Å². The fourth-order valence-electron chi connectivity index (χ4n) is 7.59. The fourth-order valence-corrected chi connectivity index (χ4v) is 7.59. The number of rotatable bonds is 7. The third kappa shape index (κ3) is 6.75. The van der Waals surface area contributed by atoms with Gasteiger partial charge in [0, 0.05) is 38.7 Å². The summed E-state index contributed by atoms with van der Waals surface area (Å²) in [5.74, 6) is 0.687. The van der Waals surface area contributed by atoms with Crippen molar-refractivity contribution in [2.45, 2.75) is 6.92 Å². The molecule has 0 amide bonds. The fraction of sp³-hybridized carbons (Fsp3) is 0.0189. The van der Waals surface area contributed by atoms with Crippen molar-refractivity contribution < 1.29 is 0 Å². The molecule has 0 N–H and O–H groups in total. The van der Waals surface area contributed by atoms with Crippen LogP contribution in [0.25, 0.3) is 100 Å². The van der Waals surface area contributed by atoms with Crippen molar-refractivity contribution in [2.24, 2.45) is 0 Å². The van der Waals surface area contributed by atoms with E-state index in [2.05, 4.69) is 170 Å². The summed E-state index contributed by atoms with van der Waals surface area (Å²) in [4.78, 5) is 20.4. The minimum absolute atomic E-state index is 0.687. The van der Waals surface area contributed by atoms with Gasteiger partial charge in [-0.2, -0.15) is 0 Å². The summed E-state index contributed by atoms with van der Waals surface area (Å²) < 4.78 is 0. The summed E-state index contributed by atoms with van der Waals surface area (Å²) in [7, 11) is 0. The van der Waals surface area contributed by atoms with Crippen LogP contribution in [0.2, 0.25) is 0 Å². The Bertz CT molecular complexity index is 3030. The Morgan fingerprint density at radius 3 is 1.42 bits per heavy atom. The minimum Gasteiger partial charge on any atom is -0.251 e. The first-order valence-corrected chi connectivity index (χ1v) is 19.2. The van der Waals surface area contributed by atoms with E-state index in [0.717, 1.165) is 89.1 Å². The summed E-state index contributed by atoms with van der Waals surface area (Å²) in [6.45, 7) is 2.03. The third-order valence-corrected chi connectivity index (χ3v) is 10.6. The number of fused-ring (bicyclic) bond motifs is 3. The van der Waals surface area contributed by atoms with Gasteiger partial charge >= 0.3 is 0 Å². The van der Waals surface area contributed by atoms with Gasteiger partial charge < -0.3 is 0 Å². The quantitative estimate of drug-likeness (QED) is 0.153. The number of aryl methyl sites for hydroxylation is 1. The molecule has 7 aromatic carbocycles. The van der Waals surface area contributed by atoms with Gasteiger partial charge in [-0.15, -0.1) is 0 Å². The molecule has 10 rings (SSSR count). The molecular weight excluding hydrogens is 693 g/mol. The van der Waals surface area contributed by atoms with Crippen LogP contribution in [0.4, 0.5) is 0 Å². The first-order valence-electron chi connectivity index (χ1n) is 19.2. The van der Waals surface area contributed by atoms with Crippen molar-refractivity contribution in [1.29, 1.82) is 0 Å². The van der Waals surface area contributed by atoms with E-state index in [1.54, 1.807) is 0 Å². The van der Waals surface area contributed by atoms with Gasteiger partial charge in [0.1, 0.15) is 0 Å². The zero-order valence-corrected chi connectivity index (χ0v) is 31.3. The Hall–Kier alpha value is -7.56. The molecule has 0 saturated carbocycles. The Balaban J connectivity index is 1.03. The lowest BCUT2D eigenvalue weighted by atomic mass is 9.94. The maximum atomic E-state index is 5.21. The Morgan fingerprint density at radius 1 is 0.298 bits per heavy atom. The van der Waals surface area contributed by atoms with Crippen LogP contribution >= 0.6 is 0 Å². The molecule has 10 aromatic rings. The van der Waals surface area contributed by atoms with Crippen LogP contribution in [0.15, 0.2) is 200 Å². The zero-order chi connectivity index (χ0) is 38.1. The van der Waals surface area contributed by atoms with Gasteiger partial charge in [-0.3, -0.25) is 4.98 Å². The van der Waals surface area contributed by atoms with E-state index < -0.39 is 0 Å². The Kier molecular flexibility index (Phi) is 8.69. The van der Waals surface area contributed by atoms with Crippen LogP contribution in [0.5, 0.6) is 0 Å². The highest BCUT2D eigenvalue weighted by Gasteiger charge is 2.15. The van der Waals surface area contributed by atoms with E-state index in [-0.39, 0.29) is 0 Å². The number of aromatic nitrogens is 4. The molecule has 0 aliphatic carbocycles. The van der Waals surface area contributed by atoms with E-state index in [9.17, 15) is 0 Å². The van der Waals surface area contributed by atoms with E-state index in [4.69, 9.17) is 19.9 Å². The Labute approximate surface area is 331 Å². The van der Waals surface area contributed by atoms with Crippen LogP contribution in [0.1, 0.15) is 5.69 Å². The molecule has 0 radical (unpaired) electrons. The van der Waals surface area contributed by atoms with E-state index in [1.807, 2.05) is 37.3 Å². The summed E-state index contributed by atoms with van der Waals surface area (Å²) in [5.41, 5.74) is 16.5. The van der Waals surface area contributed by atoms with Gasteiger partial charge in [0.2, 0.25) is 0 Å². The predicted molar refractivity (Wildman–Crippen MR) is 235 cm³/mol. The molecule has 0 aliphatic rings. The van der Waals surface area contributed by atoms with Crippen LogP contribution in [-0.4, -0.2) is 19.9 Å². The molecule has 3 heterocycles. The SMILES string of the molecule is Cc1ccc2ccc3c(-c4cccc(-c5ccc(-c6nc(-c7ccccc7)cc(-c7ccc(-c8ccccc8)cc7)n6)cc5)c4)cc(-c4ccccc4)nc3c2n1. The third-order valence-electron chi connectivity index (χ3n) is 10.6. The molecule has 0 unspecified atom stereocenters. The summed E-state index contributed by atoms with van der Waals surface area (Å²) in [5, 5.41) is 2.16. The predicted octanol–water partition coefficient (Wildman–Crippen LogP) is 13.6. The standard InChI is InChI=1S/C53H36N4/c1-35-20-21-42-30-31-46-47(33-48(39-14-7-3-8-15-39)55-52(46)51(42)54-35)45-19-11-18-44(32-45)38-24-28-43(29-25-38)53-56-49(40-16-9-4-10-17-40)34-50(57-53)41-26-22-37(23-27-41)36-12-5-2-6-13-36/h2-34H,1H3. The summed E-state index contributed by atoms with van der Waals surface area (Å²) in [6, 6.07) is 69.9. The van der Waals surface area contributed by atoms with Crippen LogP contribution < -0.4 is 0 Å². The maximum Gasteiger partial charge on any atom is 0.160 e. The molecular formula is C53H36N4. The molecule has 0 saturated heterocycles. The molecule has 57 heavy (non-hydrogen) atoms. The highest BCUT2D eigenvalue weighted by Crippen LogP contribution is 2.37. The zero-order valence-electron chi connectivity index (χ0n) is 31.3. The van der Waals surface area contributed by atoms with Crippen LogP contribution in [0, 0.1) is 6.92 Å². The van der Waals surface area contributed by atoms with Crippen LogP contribution in [-0.2, 0) is 0 Å². The highest BCUT2D eigenvalue weighted by molar-refractivity contribution is 6.09.